The SMILES string of the molecule is CSc1ccccc1C(=O)N1CCC(N)CC1.Cl. The topological polar surface area (TPSA) is 46.3 Å². The fourth-order valence-electron chi connectivity index (χ4n) is 2.09. The van der Waals surface area contributed by atoms with Crippen molar-refractivity contribution in [3.63, 3.8) is 0 Å². The van der Waals surface area contributed by atoms with E-state index in [-0.39, 0.29) is 24.4 Å². The first-order valence-electron chi connectivity index (χ1n) is 5.90. The highest BCUT2D eigenvalue weighted by atomic mass is 35.5. The monoisotopic (exact) mass is 286 g/mol. The molecular weight excluding hydrogens is 268 g/mol. The smallest absolute Gasteiger partial charge is 0.254 e. The van der Waals surface area contributed by atoms with E-state index >= 15 is 0 Å². The summed E-state index contributed by atoms with van der Waals surface area (Å²) in [5, 5.41) is 0. The molecule has 1 aromatic rings. The van der Waals surface area contributed by atoms with E-state index in [1.165, 1.54) is 0 Å². The molecule has 0 unspecified atom stereocenters. The van der Waals surface area contributed by atoms with Crippen LogP contribution in [0.1, 0.15) is 23.2 Å². The number of likely N-dealkylation sites (tertiary alicyclic amines) is 1. The number of benzene rings is 1. The summed E-state index contributed by atoms with van der Waals surface area (Å²) in [6.45, 7) is 1.56. The Balaban J connectivity index is 0.00000162. The molecule has 5 heteroatoms. The van der Waals surface area contributed by atoms with E-state index in [4.69, 9.17) is 5.73 Å². The summed E-state index contributed by atoms with van der Waals surface area (Å²) in [4.78, 5) is 15.3. The highest BCUT2D eigenvalue weighted by molar-refractivity contribution is 7.98. The number of hydrogen-bond donors (Lipinski definition) is 1. The third-order valence-corrected chi connectivity index (χ3v) is 3.96. The first-order valence-corrected chi connectivity index (χ1v) is 7.12. The number of carbonyl (C=O) groups is 1. The van der Waals surface area contributed by atoms with Crippen LogP contribution in [0.5, 0.6) is 0 Å². The summed E-state index contributed by atoms with van der Waals surface area (Å²) in [7, 11) is 0. The molecule has 0 aliphatic carbocycles. The molecular formula is C13H19ClN2OS. The maximum Gasteiger partial charge on any atom is 0.254 e. The first-order chi connectivity index (χ1) is 8.22. The van der Waals surface area contributed by atoms with Crippen molar-refractivity contribution in [1.29, 1.82) is 0 Å². The van der Waals surface area contributed by atoms with E-state index in [2.05, 4.69) is 0 Å². The van der Waals surface area contributed by atoms with Gasteiger partial charge in [-0.25, -0.2) is 0 Å². The van der Waals surface area contributed by atoms with Gasteiger partial charge in [0.2, 0.25) is 0 Å². The van der Waals surface area contributed by atoms with Crippen LogP contribution in [0, 0.1) is 0 Å². The van der Waals surface area contributed by atoms with Crippen LogP contribution in [0.2, 0.25) is 0 Å². The molecule has 100 valence electrons. The fraction of sp³-hybridized carbons (Fsp3) is 0.462. The number of nitrogens with two attached hydrogens (primary N) is 1. The average Bonchev–Trinajstić information content (AvgIpc) is 2.39. The van der Waals surface area contributed by atoms with Gasteiger partial charge in [0.25, 0.3) is 5.91 Å². The Hall–Kier alpha value is -0.710. The zero-order valence-electron chi connectivity index (χ0n) is 10.5. The Labute approximate surface area is 119 Å². The Morgan fingerprint density at radius 2 is 1.94 bits per heavy atom. The van der Waals surface area contributed by atoms with E-state index in [0.29, 0.717) is 0 Å². The number of nitrogens with zero attached hydrogens (tertiary/aromatic N) is 1. The van der Waals surface area contributed by atoms with Crippen molar-refractivity contribution in [2.24, 2.45) is 5.73 Å². The van der Waals surface area contributed by atoms with Crippen molar-refractivity contribution < 1.29 is 4.79 Å². The third kappa shape index (κ3) is 3.40. The fourth-order valence-corrected chi connectivity index (χ4v) is 2.68. The van der Waals surface area contributed by atoms with E-state index in [9.17, 15) is 4.79 Å². The lowest BCUT2D eigenvalue weighted by Gasteiger charge is -2.30. The summed E-state index contributed by atoms with van der Waals surface area (Å²) < 4.78 is 0. The van der Waals surface area contributed by atoms with Gasteiger partial charge in [0.05, 0.1) is 5.56 Å². The van der Waals surface area contributed by atoms with Crippen molar-refractivity contribution in [3.05, 3.63) is 29.8 Å². The predicted octanol–water partition coefficient (Wildman–Crippen LogP) is 2.39. The standard InChI is InChI=1S/C13H18N2OS.ClH/c1-17-12-5-3-2-4-11(12)13(16)15-8-6-10(14)7-9-15;/h2-5,10H,6-9,14H2,1H3;1H. The van der Waals surface area contributed by atoms with Gasteiger partial charge in [0.15, 0.2) is 0 Å². The molecule has 0 atom stereocenters. The number of carbonyl (C=O) groups excluding carboxylic acids is 1. The maximum atomic E-state index is 12.4. The minimum atomic E-state index is 0. The number of amides is 1. The summed E-state index contributed by atoms with van der Waals surface area (Å²) in [6.07, 6.45) is 3.82. The highest BCUT2D eigenvalue weighted by Gasteiger charge is 2.22. The number of rotatable bonds is 2. The Kier molecular flexibility index (Phi) is 5.99. The second-order valence-corrected chi connectivity index (χ2v) is 5.18. The summed E-state index contributed by atoms with van der Waals surface area (Å²) in [5.74, 6) is 0.141. The van der Waals surface area contributed by atoms with Crippen LogP contribution in [0.3, 0.4) is 0 Å². The van der Waals surface area contributed by atoms with Gasteiger partial charge in [-0.05, 0) is 31.2 Å². The second-order valence-electron chi connectivity index (χ2n) is 4.33. The largest absolute Gasteiger partial charge is 0.338 e. The van der Waals surface area contributed by atoms with Crippen molar-refractivity contribution in [1.82, 2.24) is 4.90 Å². The van der Waals surface area contributed by atoms with Crippen LogP contribution >= 0.6 is 24.2 Å². The molecule has 0 aromatic heterocycles. The van der Waals surface area contributed by atoms with Crippen LogP contribution in [0.15, 0.2) is 29.2 Å². The van der Waals surface area contributed by atoms with Crippen molar-refractivity contribution in [2.75, 3.05) is 19.3 Å². The van der Waals surface area contributed by atoms with E-state index in [1.54, 1.807) is 11.8 Å². The molecule has 3 nitrogen and oxygen atoms in total. The quantitative estimate of drug-likeness (QED) is 0.849. The molecule has 0 bridgehead atoms. The molecule has 0 spiro atoms. The van der Waals surface area contributed by atoms with Crippen molar-refractivity contribution in [3.8, 4) is 0 Å². The van der Waals surface area contributed by atoms with Gasteiger partial charge < -0.3 is 10.6 Å². The minimum Gasteiger partial charge on any atom is -0.338 e. The van der Waals surface area contributed by atoms with Gasteiger partial charge in [0.1, 0.15) is 0 Å². The third-order valence-electron chi connectivity index (χ3n) is 3.16. The molecule has 0 saturated carbocycles. The normalized spacial score (nSPS) is 16.2. The molecule has 1 heterocycles. The van der Waals surface area contributed by atoms with Gasteiger partial charge in [-0.2, -0.15) is 0 Å². The molecule has 2 rings (SSSR count). The summed E-state index contributed by atoms with van der Waals surface area (Å²) >= 11 is 1.62. The van der Waals surface area contributed by atoms with Gasteiger partial charge in [-0.3, -0.25) is 4.79 Å². The van der Waals surface area contributed by atoms with Crippen LogP contribution in [0.4, 0.5) is 0 Å². The number of piperidine rings is 1. The van der Waals surface area contributed by atoms with Crippen LogP contribution < -0.4 is 5.73 Å². The molecule has 1 amide bonds. The Morgan fingerprint density at radius 3 is 2.56 bits per heavy atom. The molecule has 1 aliphatic rings. The Morgan fingerprint density at radius 1 is 1.33 bits per heavy atom. The average molecular weight is 287 g/mol. The first kappa shape index (κ1) is 15.3. The maximum absolute atomic E-state index is 12.4. The van der Waals surface area contributed by atoms with Crippen LogP contribution in [-0.4, -0.2) is 36.2 Å². The zero-order valence-corrected chi connectivity index (χ0v) is 12.1. The highest BCUT2D eigenvalue weighted by Crippen LogP contribution is 2.22. The van der Waals surface area contributed by atoms with Crippen LogP contribution in [-0.2, 0) is 0 Å². The molecule has 1 aromatic carbocycles. The molecule has 18 heavy (non-hydrogen) atoms. The minimum absolute atomic E-state index is 0. The zero-order chi connectivity index (χ0) is 12.3. The Bertz CT molecular complexity index is 406. The van der Waals surface area contributed by atoms with Gasteiger partial charge in [-0.15, -0.1) is 24.2 Å². The van der Waals surface area contributed by atoms with Crippen molar-refractivity contribution >= 4 is 30.1 Å². The summed E-state index contributed by atoms with van der Waals surface area (Å²) in [6, 6.07) is 8.04. The number of thioether (sulfide) groups is 1. The molecule has 1 aliphatic heterocycles. The van der Waals surface area contributed by atoms with E-state index in [1.807, 2.05) is 35.4 Å². The lowest BCUT2D eigenvalue weighted by molar-refractivity contribution is 0.0711. The number of halogens is 1. The predicted molar refractivity (Wildman–Crippen MR) is 78.6 cm³/mol. The second kappa shape index (κ2) is 7.02. The molecule has 1 fully saturated rings. The van der Waals surface area contributed by atoms with Crippen LogP contribution in [0.25, 0.3) is 0 Å². The molecule has 0 radical (unpaired) electrons. The number of hydrogen-bond acceptors (Lipinski definition) is 3. The lowest BCUT2D eigenvalue weighted by atomic mass is 10.0. The summed E-state index contributed by atoms with van der Waals surface area (Å²) in [5.41, 5.74) is 6.67. The van der Waals surface area contributed by atoms with Crippen molar-refractivity contribution in [2.45, 2.75) is 23.8 Å². The van der Waals surface area contributed by atoms with Gasteiger partial charge >= 0.3 is 0 Å². The molecule has 2 N–H and O–H groups in total. The lowest BCUT2D eigenvalue weighted by Crippen LogP contribution is -2.42. The van der Waals surface area contributed by atoms with E-state index < -0.39 is 0 Å². The van der Waals surface area contributed by atoms with Gasteiger partial charge in [0, 0.05) is 24.0 Å². The van der Waals surface area contributed by atoms with E-state index in [0.717, 1.165) is 36.4 Å². The van der Waals surface area contributed by atoms with Gasteiger partial charge in [-0.1, -0.05) is 12.1 Å². The molecule has 1 saturated heterocycles.